The molecule has 0 saturated carbocycles. The SMILES string of the molecule is CC1(C)C2=C(c3cc(-c4ccc5c(c4)c4ccccc4n5-c4nc(-c5ccccc5)c5c(n4)c4ccccc4n5-c4ccccc4)ccc31)c1cccc3cccc2c13. The third kappa shape index (κ3) is 4.38. The summed E-state index contributed by atoms with van der Waals surface area (Å²) in [5.74, 6) is 0.653. The Morgan fingerprint density at radius 2 is 1.10 bits per heavy atom. The highest BCUT2D eigenvalue weighted by atomic mass is 15.2. The van der Waals surface area contributed by atoms with Crippen molar-refractivity contribution in [2.75, 3.05) is 0 Å². The van der Waals surface area contributed by atoms with Crippen molar-refractivity contribution in [3.05, 3.63) is 204 Å². The van der Waals surface area contributed by atoms with Crippen molar-refractivity contribution < 1.29 is 0 Å². The van der Waals surface area contributed by atoms with Gasteiger partial charge in [0.15, 0.2) is 0 Å². The van der Waals surface area contributed by atoms with Crippen LogP contribution in [0.1, 0.15) is 36.1 Å². The second-order valence-electron chi connectivity index (χ2n) is 16.6. The van der Waals surface area contributed by atoms with Gasteiger partial charge in [-0.2, -0.15) is 0 Å². The third-order valence-electron chi connectivity index (χ3n) is 13.0. The van der Waals surface area contributed by atoms with E-state index in [0.29, 0.717) is 5.95 Å². The first-order chi connectivity index (χ1) is 29.0. The maximum Gasteiger partial charge on any atom is 0.235 e. The molecule has 11 aromatic rings. The van der Waals surface area contributed by atoms with Crippen LogP contribution in [0.25, 0.3) is 99.7 Å². The van der Waals surface area contributed by atoms with E-state index in [4.69, 9.17) is 9.97 Å². The molecule has 0 bridgehead atoms. The summed E-state index contributed by atoms with van der Waals surface area (Å²) in [6.45, 7) is 4.78. The lowest BCUT2D eigenvalue weighted by Crippen LogP contribution is -2.16. The van der Waals surface area contributed by atoms with E-state index in [2.05, 4.69) is 205 Å². The summed E-state index contributed by atoms with van der Waals surface area (Å²) in [7, 11) is 0. The van der Waals surface area contributed by atoms with E-state index in [1.165, 1.54) is 66.1 Å². The molecule has 3 heterocycles. The van der Waals surface area contributed by atoms with Gasteiger partial charge in [-0.05, 0) is 97.8 Å². The summed E-state index contributed by atoms with van der Waals surface area (Å²) < 4.78 is 4.57. The molecule has 2 aliphatic rings. The van der Waals surface area contributed by atoms with Crippen molar-refractivity contribution in [2.24, 2.45) is 0 Å². The number of nitrogens with zero attached hydrogens (tertiary/aromatic N) is 4. The van der Waals surface area contributed by atoms with Gasteiger partial charge in [0.2, 0.25) is 5.95 Å². The van der Waals surface area contributed by atoms with Crippen LogP contribution >= 0.6 is 0 Å². The summed E-state index contributed by atoms with van der Waals surface area (Å²) >= 11 is 0. The fourth-order valence-electron chi connectivity index (χ4n) is 10.5. The largest absolute Gasteiger partial charge is 0.306 e. The van der Waals surface area contributed by atoms with Crippen LogP contribution in [-0.4, -0.2) is 19.1 Å². The quantitative estimate of drug-likeness (QED) is 0.179. The lowest BCUT2D eigenvalue weighted by molar-refractivity contribution is 0.705. The van der Waals surface area contributed by atoms with Gasteiger partial charge in [0, 0.05) is 32.8 Å². The molecule has 0 N–H and O–H groups in total. The monoisotopic (exact) mass is 752 g/mol. The number of aromatic nitrogens is 4. The van der Waals surface area contributed by atoms with E-state index >= 15 is 0 Å². The summed E-state index contributed by atoms with van der Waals surface area (Å²) in [4.78, 5) is 11.0. The van der Waals surface area contributed by atoms with Gasteiger partial charge in [0.25, 0.3) is 0 Å². The Balaban J connectivity index is 1.03. The van der Waals surface area contributed by atoms with Crippen molar-refractivity contribution in [3.8, 4) is 34.0 Å². The Kier molecular flexibility index (Phi) is 6.48. The highest BCUT2D eigenvalue weighted by Crippen LogP contribution is 2.59. The fourth-order valence-corrected chi connectivity index (χ4v) is 10.5. The lowest BCUT2D eigenvalue weighted by atomic mass is 9.78. The Labute approximate surface area is 341 Å². The molecule has 4 nitrogen and oxygen atoms in total. The second-order valence-corrected chi connectivity index (χ2v) is 16.6. The van der Waals surface area contributed by atoms with Gasteiger partial charge < -0.3 is 4.57 Å². The van der Waals surface area contributed by atoms with Crippen LogP contribution in [0.2, 0.25) is 0 Å². The van der Waals surface area contributed by atoms with Crippen LogP contribution in [-0.2, 0) is 5.41 Å². The molecular weight excluding hydrogens is 717 g/mol. The molecule has 8 aromatic carbocycles. The van der Waals surface area contributed by atoms with E-state index in [1.54, 1.807) is 0 Å². The van der Waals surface area contributed by atoms with Crippen LogP contribution < -0.4 is 0 Å². The molecule has 0 fully saturated rings. The van der Waals surface area contributed by atoms with E-state index in [-0.39, 0.29) is 5.41 Å². The molecule has 0 radical (unpaired) electrons. The van der Waals surface area contributed by atoms with Crippen LogP contribution in [0.3, 0.4) is 0 Å². The molecule has 0 atom stereocenters. The highest BCUT2D eigenvalue weighted by molar-refractivity contribution is 6.22. The maximum absolute atomic E-state index is 5.52. The minimum absolute atomic E-state index is 0.0962. The molecule has 276 valence electrons. The Morgan fingerprint density at radius 1 is 0.458 bits per heavy atom. The number of rotatable bonds is 4. The van der Waals surface area contributed by atoms with Gasteiger partial charge >= 0.3 is 0 Å². The molecule has 0 spiro atoms. The van der Waals surface area contributed by atoms with Crippen LogP contribution in [0.4, 0.5) is 0 Å². The van der Waals surface area contributed by atoms with Gasteiger partial charge in [0.1, 0.15) is 11.2 Å². The van der Waals surface area contributed by atoms with Gasteiger partial charge in [-0.1, -0.05) is 153 Å². The molecule has 13 rings (SSSR count). The number of benzene rings is 8. The molecule has 0 aliphatic heterocycles. The van der Waals surface area contributed by atoms with Crippen molar-refractivity contribution in [2.45, 2.75) is 19.3 Å². The molecule has 0 unspecified atom stereocenters. The molecule has 4 heteroatoms. The summed E-state index contributed by atoms with van der Waals surface area (Å²) in [5, 5.41) is 6.14. The second kappa shape index (κ2) is 11.7. The standard InChI is InChI=1S/C55H36N4/c1-55(2)44-29-27-35(32-43(44)49-40-23-13-17-33-18-14-24-41(48(33)40)50(49)55)36-28-30-47-42(31-36)38-21-9-11-25-45(38)59(47)54-56-51(34-15-5-3-6-16-34)53-52(57-54)39-22-10-12-26-46(39)58(53)37-19-7-4-8-20-37/h3-32H,1-2H3. The normalized spacial score (nSPS) is 14.0. The molecule has 3 aromatic heterocycles. The van der Waals surface area contributed by atoms with Gasteiger partial charge in [0.05, 0.1) is 22.1 Å². The fraction of sp³-hybridized carbons (Fsp3) is 0.0545. The topological polar surface area (TPSA) is 35.6 Å². The Bertz CT molecular complexity index is 3620. The molecule has 2 aliphatic carbocycles. The van der Waals surface area contributed by atoms with Crippen molar-refractivity contribution >= 4 is 65.7 Å². The minimum atomic E-state index is -0.0962. The van der Waals surface area contributed by atoms with E-state index in [0.717, 1.165) is 49.9 Å². The predicted octanol–water partition coefficient (Wildman–Crippen LogP) is 13.7. The summed E-state index contributed by atoms with van der Waals surface area (Å²) in [6, 6.07) is 65.9. The zero-order chi connectivity index (χ0) is 39.0. The molecule has 59 heavy (non-hydrogen) atoms. The lowest BCUT2D eigenvalue weighted by Gasteiger charge is -2.25. The maximum atomic E-state index is 5.52. The average molecular weight is 753 g/mol. The summed E-state index contributed by atoms with van der Waals surface area (Å²) in [6.07, 6.45) is 0. The number of hydrogen-bond donors (Lipinski definition) is 0. The molecule has 0 saturated heterocycles. The highest BCUT2D eigenvalue weighted by Gasteiger charge is 2.43. The number of allylic oxidation sites excluding steroid dienone is 1. The summed E-state index contributed by atoms with van der Waals surface area (Å²) in [5.41, 5.74) is 18.8. The van der Waals surface area contributed by atoms with E-state index in [9.17, 15) is 0 Å². The van der Waals surface area contributed by atoms with E-state index < -0.39 is 0 Å². The first-order valence-electron chi connectivity index (χ1n) is 20.4. The minimum Gasteiger partial charge on any atom is -0.306 e. The number of hydrogen-bond acceptors (Lipinski definition) is 2. The number of para-hydroxylation sites is 3. The van der Waals surface area contributed by atoms with Gasteiger partial charge in [-0.15, -0.1) is 0 Å². The van der Waals surface area contributed by atoms with Crippen LogP contribution in [0.15, 0.2) is 182 Å². The molecule has 0 amide bonds. The van der Waals surface area contributed by atoms with E-state index in [1.807, 2.05) is 0 Å². The Morgan fingerprint density at radius 3 is 1.90 bits per heavy atom. The van der Waals surface area contributed by atoms with Crippen LogP contribution in [0.5, 0.6) is 0 Å². The first-order valence-corrected chi connectivity index (χ1v) is 20.4. The predicted molar refractivity (Wildman–Crippen MR) is 244 cm³/mol. The van der Waals surface area contributed by atoms with Crippen molar-refractivity contribution in [3.63, 3.8) is 0 Å². The first kappa shape index (κ1) is 32.5. The van der Waals surface area contributed by atoms with Crippen LogP contribution in [0, 0.1) is 0 Å². The van der Waals surface area contributed by atoms with Crippen molar-refractivity contribution in [1.82, 2.24) is 19.1 Å². The smallest absolute Gasteiger partial charge is 0.235 e. The third-order valence-corrected chi connectivity index (χ3v) is 13.0. The number of fused-ring (bicyclic) bond motifs is 10. The zero-order valence-corrected chi connectivity index (χ0v) is 32.6. The molecular formula is C55H36N4. The van der Waals surface area contributed by atoms with Crippen molar-refractivity contribution in [1.29, 1.82) is 0 Å². The zero-order valence-electron chi connectivity index (χ0n) is 32.6. The van der Waals surface area contributed by atoms with Gasteiger partial charge in [-0.3, -0.25) is 4.57 Å². The Hall–Kier alpha value is -7.56. The van der Waals surface area contributed by atoms with Gasteiger partial charge in [-0.25, -0.2) is 9.97 Å². The average Bonchev–Trinajstić information content (AvgIpc) is 3.99.